The number of carbonyl (C=O) groups is 1. The van der Waals surface area contributed by atoms with E-state index < -0.39 is 5.82 Å². The fourth-order valence-corrected chi connectivity index (χ4v) is 2.18. The van der Waals surface area contributed by atoms with E-state index in [-0.39, 0.29) is 12.2 Å². The van der Waals surface area contributed by atoms with Crippen LogP contribution in [0.2, 0.25) is 0 Å². The molecule has 0 saturated heterocycles. The summed E-state index contributed by atoms with van der Waals surface area (Å²) in [5.41, 5.74) is 1.34. The average Bonchev–Trinajstić information content (AvgIpc) is 2.45. The number of aldehydes is 1. The van der Waals surface area contributed by atoms with Crippen molar-refractivity contribution in [3.8, 4) is 11.8 Å². The van der Waals surface area contributed by atoms with E-state index in [4.69, 9.17) is 10.00 Å². The van der Waals surface area contributed by atoms with Gasteiger partial charge in [0.15, 0.2) is 0 Å². The molecule has 0 aliphatic heterocycles. The van der Waals surface area contributed by atoms with Gasteiger partial charge in [0.1, 0.15) is 24.5 Å². The number of hydrogen-bond acceptors (Lipinski definition) is 3. The lowest BCUT2D eigenvalue weighted by molar-refractivity contribution is 0.112. The van der Waals surface area contributed by atoms with Crippen LogP contribution in [-0.4, -0.2) is 6.29 Å². The highest BCUT2D eigenvalue weighted by Gasteiger charge is 2.05. The topological polar surface area (TPSA) is 50.1 Å². The number of nitrogens with zero attached hydrogens (tertiary/aromatic N) is 1. The Bertz CT molecular complexity index is 695. The lowest BCUT2D eigenvalue weighted by atomic mass is 10.1. The fourth-order valence-electron chi connectivity index (χ4n) is 1.67. The van der Waals surface area contributed by atoms with Crippen molar-refractivity contribution in [2.75, 3.05) is 0 Å². The fraction of sp³-hybridized carbons (Fsp3) is 0.0667. The van der Waals surface area contributed by atoms with Gasteiger partial charge in [0, 0.05) is 5.56 Å². The predicted octanol–water partition coefficient (Wildman–Crippen LogP) is 3.85. The number of carbonyl (C=O) groups excluding carboxylic acids is 1. The number of hydrogen-bond donors (Lipinski definition) is 0. The molecule has 0 bridgehead atoms. The van der Waals surface area contributed by atoms with Gasteiger partial charge in [0.2, 0.25) is 0 Å². The molecule has 0 aliphatic carbocycles. The van der Waals surface area contributed by atoms with Crippen molar-refractivity contribution in [3.63, 3.8) is 0 Å². The Morgan fingerprint density at radius 2 is 2.10 bits per heavy atom. The minimum absolute atomic E-state index is 0.130. The molecule has 5 heteroatoms. The SMILES string of the molecule is N#Cc1cc(F)cc(COc2ccc(C=O)cc2Br)c1. The first-order valence-electron chi connectivity index (χ1n) is 5.69. The number of halogens is 2. The number of rotatable bonds is 4. The maximum absolute atomic E-state index is 13.3. The number of nitriles is 1. The molecule has 0 spiro atoms. The molecule has 0 aliphatic rings. The van der Waals surface area contributed by atoms with E-state index in [9.17, 15) is 9.18 Å². The summed E-state index contributed by atoms with van der Waals surface area (Å²) in [5, 5.41) is 8.78. The van der Waals surface area contributed by atoms with Gasteiger partial charge in [-0.05, 0) is 57.9 Å². The summed E-state index contributed by atoms with van der Waals surface area (Å²) in [6.07, 6.45) is 0.736. The van der Waals surface area contributed by atoms with E-state index in [2.05, 4.69) is 15.9 Å². The van der Waals surface area contributed by atoms with Gasteiger partial charge in [-0.15, -0.1) is 0 Å². The van der Waals surface area contributed by atoms with E-state index in [0.717, 1.165) is 12.4 Å². The van der Waals surface area contributed by atoms with Crippen LogP contribution in [0.5, 0.6) is 5.75 Å². The predicted molar refractivity (Wildman–Crippen MR) is 75.0 cm³/mol. The molecule has 0 saturated carbocycles. The van der Waals surface area contributed by atoms with Crippen molar-refractivity contribution in [2.45, 2.75) is 6.61 Å². The molecule has 100 valence electrons. The van der Waals surface area contributed by atoms with Gasteiger partial charge in [-0.1, -0.05) is 0 Å². The molecule has 0 aromatic heterocycles. The molecule has 20 heavy (non-hydrogen) atoms. The largest absolute Gasteiger partial charge is 0.488 e. The molecule has 0 atom stereocenters. The Morgan fingerprint density at radius 3 is 2.75 bits per heavy atom. The normalized spacial score (nSPS) is 9.85. The van der Waals surface area contributed by atoms with Crippen LogP contribution in [0.4, 0.5) is 4.39 Å². The van der Waals surface area contributed by atoms with Crippen molar-refractivity contribution in [3.05, 3.63) is 63.4 Å². The summed E-state index contributed by atoms with van der Waals surface area (Å²) in [6, 6.07) is 10.8. The highest BCUT2D eigenvalue weighted by Crippen LogP contribution is 2.26. The third kappa shape index (κ3) is 3.43. The standard InChI is InChI=1S/C15H9BrFNO2/c16-14-6-10(8-19)1-2-15(14)20-9-12-3-11(7-18)4-13(17)5-12/h1-6,8H,9H2. The van der Waals surface area contributed by atoms with Gasteiger partial charge in [0.25, 0.3) is 0 Å². The van der Waals surface area contributed by atoms with Crippen LogP contribution in [0.3, 0.4) is 0 Å². The molecule has 0 heterocycles. The Hall–Kier alpha value is -2.19. The van der Waals surface area contributed by atoms with E-state index in [0.29, 0.717) is 21.3 Å². The van der Waals surface area contributed by atoms with Crippen LogP contribution in [-0.2, 0) is 6.61 Å². The first-order valence-corrected chi connectivity index (χ1v) is 6.49. The molecule has 3 nitrogen and oxygen atoms in total. The summed E-state index contributed by atoms with van der Waals surface area (Å²) in [7, 11) is 0. The van der Waals surface area contributed by atoms with Crippen molar-refractivity contribution in [1.29, 1.82) is 5.26 Å². The molecule has 0 unspecified atom stereocenters. The molecule has 2 rings (SSSR count). The number of benzene rings is 2. The van der Waals surface area contributed by atoms with Crippen molar-refractivity contribution in [1.82, 2.24) is 0 Å². The molecular formula is C15H9BrFNO2. The second-order valence-electron chi connectivity index (χ2n) is 4.06. The van der Waals surface area contributed by atoms with Gasteiger partial charge in [-0.25, -0.2) is 4.39 Å². The first-order chi connectivity index (χ1) is 9.62. The second kappa shape index (κ2) is 6.31. The molecule has 0 fully saturated rings. The first kappa shape index (κ1) is 14.2. The highest BCUT2D eigenvalue weighted by atomic mass is 79.9. The zero-order chi connectivity index (χ0) is 14.5. The van der Waals surface area contributed by atoms with Crippen LogP contribution < -0.4 is 4.74 Å². The molecule has 2 aromatic carbocycles. The van der Waals surface area contributed by atoms with Crippen molar-refractivity contribution >= 4 is 22.2 Å². The summed E-state index contributed by atoms with van der Waals surface area (Å²) in [4.78, 5) is 10.6. The Labute approximate surface area is 123 Å². The van der Waals surface area contributed by atoms with E-state index in [1.165, 1.54) is 6.07 Å². The van der Waals surface area contributed by atoms with E-state index >= 15 is 0 Å². The van der Waals surface area contributed by atoms with E-state index in [1.807, 2.05) is 6.07 Å². The monoisotopic (exact) mass is 333 g/mol. The van der Waals surface area contributed by atoms with Crippen LogP contribution in [0.1, 0.15) is 21.5 Å². The lowest BCUT2D eigenvalue weighted by Gasteiger charge is -2.09. The lowest BCUT2D eigenvalue weighted by Crippen LogP contribution is -1.98. The maximum atomic E-state index is 13.3. The second-order valence-corrected chi connectivity index (χ2v) is 4.91. The average molecular weight is 334 g/mol. The third-order valence-electron chi connectivity index (χ3n) is 2.57. The minimum Gasteiger partial charge on any atom is -0.488 e. The van der Waals surface area contributed by atoms with Crippen LogP contribution in [0.15, 0.2) is 40.9 Å². The van der Waals surface area contributed by atoms with Crippen molar-refractivity contribution < 1.29 is 13.9 Å². The zero-order valence-corrected chi connectivity index (χ0v) is 11.9. The summed E-state index contributed by atoms with van der Waals surface area (Å²) < 4.78 is 19.4. The maximum Gasteiger partial charge on any atom is 0.150 e. The molecule has 2 aromatic rings. The highest BCUT2D eigenvalue weighted by molar-refractivity contribution is 9.10. The van der Waals surface area contributed by atoms with Gasteiger partial charge in [0.05, 0.1) is 16.1 Å². The molecular weight excluding hydrogens is 325 g/mol. The van der Waals surface area contributed by atoms with Crippen LogP contribution in [0.25, 0.3) is 0 Å². The van der Waals surface area contributed by atoms with Crippen molar-refractivity contribution in [2.24, 2.45) is 0 Å². The summed E-state index contributed by atoms with van der Waals surface area (Å²) in [6.45, 7) is 0.130. The quantitative estimate of drug-likeness (QED) is 0.798. The van der Waals surface area contributed by atoms with Crippen LogP contribution in [0, 0.1) is 17.1 Å². The molecule has 0 radical (unpaired) electrons. The van der Waals surface area contributed by atoms with Gasteiger partial charge < -0.3 is 4.74 Å². The summed E-state index contributed by atoms with van der Waals surface area (Å²) >= 11 is 3.29. The van der Waals surface area contributed by atoms with E-state index in [1.54, 1.807) is 24.3 Å². The third-order valence-corrected chi connectivity index (χ3v) is 3.19. The molecule has 0 amide bonds. The number of ether oxygens (including phenoxy) is 1. The molecule has 0 N–H and O–H groups in total. The van der Waals surface area contributed by atoms with Gasteiger partial charge in [-0.2, -0.15) is 5.26 Å². The smallest absolute Gasteiger partial charge is 0.150 e. The summed E-state index contributed by atoms with van der Waals surface area (Å²) in [5.74, 6) is 0.0661. The van der Waals surface area contributed by atoms with Crippen LogP contribution >= 0.6 is 15.9 Å². The minimum atomic E-state index is -0.474. The Morgan fingerprint density at radius 1 is 1.30 bits per heavy atom. The van der Waals surface area contributed by atoms with Gasteiger partial charge in [-0.3, -0.25) is 4.79 Å². The zero-order valence-electron chi connectivity index (χ0n) is 10.3. The Kier molecular flexibility index (Phi) is 4.49. The Balaban J connectivity index is 2.15. The van der Waals surface area contributed by atoms with Gasteiger partial charge >= 0.3 is 0 Å².